The molecule has 9 heteroatoms. The third kappa shape index (κ3) is 5.05. The number of rotatable bonds is 9. The summed E-state index contributed by atoms with van der Waals surface area (Å²) in [5.74, 6) is 1.31. The van der Waals surface area contributed by atoms with Crippen molar-refractivity contribution < 1.29 is 33.3 Å². The quantitative estimate of drug-likeness (QED) is 0.454. The average Bonchev–Trinajstić information content (AvgIpc) is 2.80. The van der Waals surface area contributed by atoms with Crippen LogP contribution in [0.25, 0.3) is 0 Å². The van der Waals surface area contributed by atoms with E-state index in [1.54, 1.807) is 19.1 Å². The Hall–Kier alpha value is -3.88. The molecule has 3 rings (SSSR count). The van der Waals surface area contributed by atoms with E-state index < -0.39 is 18.0 Å². The zero-order valence-corrected chi connectivity index (χ0v) is 18.4. The Bertz CT molecular complexity index is 980. The first-order chi connectivity index (χ1) is 15.5. The second-order valence-electron chi connectivity index (χ2n) is 6.83. The lowest BCUT2D eigenvalue weighted by molar-refractivity contribution is -0.140. The molecule has 170 valence electrons. The second kappa shape index (κ2) is 10.4. The van der Waals surface area contributed by atoms with E-state index in [4.69, 9.17) is 23.7 Å². The van der Waals surface area contributed by atoms with Crippen molar-refractivity contribution >= 4 is 12.0 Å². The van der Waals surface area contributed by atoms with Gasteiger partial charge in [0.15, 0.2) is 11.5 Å². The Balaban J connectivity index is 1.81. The van der Waals surface area contributed by atoms with E-state index in [1.165, 1.54) is 21.3 Å². The largest absolute Gasteiger partial charge is 0.493 e. The van der Waals surface area contributed by atoms with Crippen molar-refractivity contribution in [3.63, 3.8) is 0 Å². The topological polar surface area (TPSA) is 104 Å². The number of ether oxygens (including phenoxy) is 5. The monoisotopic (exact) mass is 442 g/mol. The van der Waals surface area contributed by atoms with Crippen LogP contribution in [-0.2, 0) is 9.53 Å². The van der Waals surface area contributed by atoms with Gasteiger partial charge in [0.2, 0.25) is 5.75 Å². The van der Waals surface area contributed by atoms with Gasteiger partial charge in [-0.3, -0.25) is 0 Å². The third-order valence-corrected chi connectivity index (χ3v) is 4.84. The number of para-hydroxylation sites is 1. The highest BCUT2D eigenvalue weighted by molar-refractivity contribution is 5.95. The molecule has 0 radical (unpaired) electrons. The van der Waals surface area contributed by atoms with E-state index >= 15 is 0 Å². The van der Waals surface area contributed by atoms with E-state index in [0.29, 0.717) is 34.3 Å². The van der Waals surface area contributed by atoms with Crippen molar-refractivity contribution in [3.8, 4) is 23.0 Å². The Labute approximate surface area is 186 Å². The Morgan fingerprint density at radius 1 is 0.969 bits per heavy atom. The van der Waals surface area contributed by atoms with E-state index in [2.05, 4.69) is 10.6 Å². The lowest BCUT2D eigenvalue weighted by Crippen LogP contribution is -2.45. The normalized spacial score (nSPS) is 15.4. The molecule has 1 aliphatic rings. The fourth-order valence-electron chi connectivity index (χ4n) is 3.37. The van der Waals surface area contributed by atoms with Crippen LogP contribution in [0.5, 0.6) is 23.0 Å². The number of nitrogens with one attached hydrogen (secondary N) is 2. The number of benzene rings is 2. The van der Waals surface area contributed by atoms with Crippen LogP contribution in [0.3, 0.4) is 0 Å². The summed E-state index contributed by atoms with van der Waals surface area (Å²) in [6, 6.07) is 11.4. The molecule has 0 aliphatic carbocycles. The molecular weight excluding hydrogens is 416 g/mol. The zero-order valence-electron chi connectivity index (χ0n) is 18.4. The van der Waals surface area contributed by atoms with Crippen LogP contribution in [0, 0.1) is 0 Å². The van der Waals surface area contributed by atoms with E-state index in [-0.39, 0.29) is 18.8 Å². The van der Waals surface area contributed by atoms with Crippen molar-refractivity contribution in [3.05, 3.63) is 59.3 Å². The standard InChI is InChI=1S/C23H26N2O7/c1-14-19(22(26)32-11-10-31-16-8-6-5-7-9-16)20(25-23(27)24-14)15-12-17(28-2)21(30-4)18(13-15)29-3/h5-9,12-13,20H,10-11H2,1-4H3,(H2,24,25,27)/t20-/m0/s1. The highest BCUT2D eigenvalue weighted by Crippen LogP contribution is 2.41. The van der Waals surface area contributed by atoms with Gasteiger partial charge in [0.25, 0.3) is 0 Å². The highest BCUT2D eigenvalue weighted by atomic mass is 16.6. The summed E-state index contributed by atoms with van der Waals surface area (Å²) in [5.41, 5.74) is 1.22. The first-order valence-corrected chi connectivity index (χ1v) is 9.91. The number of carbonyl (C=O) groups excluding carboxylic acids is 2. The molecule has 0 bridgehead atoms. The lowest BCUT2D eigenvalue weighted by atomic mass is 9.95. The number of urea groups is 1. The molecule has 0 unspecified atom stereocenters. The smallest absolute Gasteiger partial charge is 0.338 e. The molecule has 2 aromatic rings. The van der Waals surface area contributed by atoms with Gasteiger partial charge in [-0.1, -0.05) is 18.2 Å². The molecular formula is C23H26N2O7. The van der Waals surface area contributed by atoms with Gasteiger partial charge in [0, 0.05) is 5.70 Å². The molecule has 0 saturated carbocycles. The van der Waals surface area contributed by atoms with Crippen molar-refractivity contribution in [1.82, 2.24) is 10.6 Å². The van der Waals surface area contributed by atoms with Crippen molar-refractivity contribution in [2.45, 2.75) is 13.0 Å². The minimum atomic E-state index is -0.778. The van der Waals surface area contributed by atoms with Crippen LogP contribution in [-0.4, -0.2) is 46.5 Å². The van der Waals surface area contributed by atoms with Crippen LogP contribution in [0.15, 0.2) is 53.7 Å². The van der Waals surface area contributed by atoms with Crippen LogP contribution in [0.1, 0.15) is 18.5 Å². The predicted molar refractivity (Wildman–Crippen MR) is 116 cm³/mol. The Morgan fingerprint density at radius 2 is 1.62 bits per heavy atom. The molecule has 2 aromatic carbocycles. The van der Waals surface area contributed by atoms with E-state index in [0.717, 1.165) is 0 Å². The van der Waals surface area contributed by atoms with Gasteiger partial charge in [-0.25, -0.2) is 9.59 Å². The number of hydrogen-bond acceptors (Lipinski definition) is 7. The molecule has 2 N–H and O–H groups in total. The summed E-state index contributed by atoms with van der Waals surface area (Å²) < 4.78 is 27.1. The van der Waals surface area contributed by atoms with Crippen LogP contribution < -0.4 is 29.6 Å². The van der Waals surface area contributed by atoms with E-state index in [9.17, 15) is 9.59 Å². The number of carbonyl (C=O) groups is 2. The summed E-state index contributed by atoms with van der Waals surface area (Å²) in [6.07, 6.45) is 0. The molecule has 0 aromatic heterocycles. The van der Waals surface area contributed by atoms with Crippen LogP contribution >= 0.6 is 0 Å². The summed E-state index contributed by atoms with van der Waals surface area (Å²) in [7, 11) is 4.48. The third-order valence-electron chi connectivity index (χ3n) is 4.84. The maximum Gasteiger partial charge on any atom is 0.338 e. The second-order valence-corrected chi connectivity index (χ2v) is 6.83. The minimum absolute atomic E-state index is 0.0421. The predicted octanol–water partition coefficient (Wildman–Crippen LogP) is 2.96. The van der Waals surface area contributed by atoms with E-state index in [1.807, 2.05) is 30.3 Å². The number of allylic oxidation sites excluding steroid dienone is 1. The Morgan fingerprint density at radius 3 is 2.22 bits per heavy atom. The molecule has 2 amide bonds. The molecule has 0 spiro atoms. The van der Waals surface area contributed by atoms with Gasteiger partial charge in [-0.2, -0.15) is 0 Å². The lowest BCUT2D eigenvalue weighted by Gasteiger charge is -2.29. The minimum Gasteiger partial charge on any atom is -0.493 e. The molecule has 0 fully saturated rings. The first-order valence-electron chi connectivity index (χ1n) is 9.91. The fourth-order valence-corrected chi connectivity index (χ4v) is 3.37. The summed E-state index contributed by atoms with van der Waals surface area (Å²) in [4.78, 5) is 25.1. The maximum absolute atomic E-state index is 12.9. The SMILES string of the molecule is COc1cc([C@@H]2NC(=O)NC(C)=C2C(=O)OCCOc2ccccc2)cc(OC)c1OC. The van der Waals surface area contributed by atoms with Gasteiger partial charge >= 0.3 is 12.0 Å². The average molecular weight is 442 g/mol. The highest BCUT2D eigenvalue weighted by Gasteiger charge is 2.33. The summed E-state index contributed by atoms with van der Waals surface area (Å²) >= 11 is 0. The van der Waals surface area contributed by atoms with Crippen molar-refractivity contribution in [2.24, 2.45) is 0 Å². The van der Waals surface area contributed by atoms with Gasteiger partial charge in [-0.15, -0.1) is 0 Å². The van der Waals surface area contributed by atoms with Crippen molar-refractivity contribution in [1.29, 1.82) is 0 Å². The zero-order chi connectivity index (χ0) is 23.1. The molecule has 1 aliphatic heterocycles. The van der Waals surface area contributed by atoms with Crippen LogP contribution in [0.4, 0.5) is 4.79 Å². The summed E-state index contributed by atoms with van der Waals surface area (Å²) in [5, 5.41) is 5.37. The fraction of sp³-hybridized carbons (Fsp3) is 0.304. The number of hydrogen-bond donors (Lipinski definition) is 2. The first kappa shape index (κ1) is 22.8. The van der Waals surface area contributed by atoms with Gasteiger partial charge in [0.05, 0.1) is 32.9 Å². The number of esters is 1. The Kier molecular flexibility index (Phi) is 7.43. The number of amides is 2. The molecule has 9 nitrogen and oxygen atoms in total. The van der Waals surface area contributed by atoms with Crippen molar-refractivity contribution in [2.75, 3.05) is 34.5 Å². The van der Waals surface area contributed by atoms with Gasteiger partial charge in [0.1, 0.15) is 19.0 Å². The van der Waals surface area contributed by atoms with Gasteiger partial charge in [-0.05, 0) is 36.8 Å². The molecule has 0 saturated heterocycles. The number of methoxy groups -OCH3 is 3. The van der Waals surface area contributed by atoms with Crippen LogP contribution in [0.2, 0.25) is 0 Å². The maximum atomic E-state index is 12.9. The molecule has 1 heterocycles. The van der Waals surface area contributed by atoms with Gasteiger partial charge < -0.3 is 34.3 Å². The molecule has 1 atom stereocenters. The summed E-state index contributed by atoms with van der Waals surface area (Å²) in [6.45, 7) is 1.87. The molecule has 32 heavy (non-hydrogen) atoms.